The highest BCUT2D eigenvalue weighted by Gasteiger charge is 2.14. The predicted molar refractivity (Wildman–Crippen MR) is 102 cm³/mol. The first-order valence-corrected chi connectivity index (χ1v) is 8.68. The number of aryl methyl sites for hydroxylation is 1. The van der Waals surface area contributed by atoms with E-state index < -0.39 is 0 Å². The number of aromatic nitrogens is 3. The van der Waals surface area contributed by atoms with E-state index in [1.54, 1.807) is 4.68 Å². The van der Waals surface area contributed by atoms with Gasteiger partial charge in [-0.3, -0.25) is 4.79 Å². The summed E-state index contributed by atoms with van der Waals surface area (Å²) in [4.78, 5) is 16.0. The van der Waals surface area contributed by atoms with Crippen LogP contribution in [0.1, 0.15) is 25.8 Å². The molecular weight excluding hydrogens is 328 g/mol. The topological polar surface area (TPSA) is 69.0 Å². The van der Waals surface area contributed by atoms with Crippen LogP contribution in [-0.4, -0.2) is 27.3 Å². The molecule has 2 aromatic carbocycles. The van der Waals surface area contributed by atoms with E-state index in [0.29, 0.717) is 24.9 Å². The zero-order valence-corrected chi connectivity index (χ0v) is 15.2. The number of rotatable bonds is 6. The second-order valence-corrected chi connectivity index (χ2v) is 5.88. The van der Waals surface area contributed by atoms with Gasteiger partial charge in [-0.25, -0.2) is 4.68 Å². The van der Waals surface area contributed by atoms with E-state index in [0.717, 1.165) is 16.9 Å². The predicted octanol–water partition coefficient (Wildman–Crippen LogP) is 3.99. The van der Waals surface area contributed by atoms with Crippen LogP contribution in [0.15, 0.2) is 48.5 Å². The van der Waals surface area contributed by atoms with E-state index in [9.17, 15) is 4.79 Å². The second-order valence-electron chi connectivity index (χ2n) is 5.88. The minimum absolute atomic E-state index is 0.0162. The third-order valence-electron chi connectivity index (χ3n) is 3.89. The fourth-order valence-corrected chi connectivity index (χ4v) is 2.49. The maximum atomic E-state index is 11.5. The van der Waals surface area contributed by atoms with Gasteiger partial charge in [-0.05, 0) is 38.1 Å². The third kappa shape index (κ3) is 3.91. The summed E-state index contributed by atoms with van der Waals surface area (Å²) in [6, 6.07) is 15.9. The van der Waals surface area contributed by atoms with Crippen molar-refractivity contribution in [1.29, 1.82) is 0 Å². The van der Waals surface area contributed by atoms with E-state index >= 15 is 0 Å². The number of anilines is 1. The zero-order chi connectivity index (χ0) is 18.5. The molecular formula is C20H22N4O2. The largest absolute Gasteiger partial charge is 0.463 e. The molecule has 0 aliphatic rings. The molecule has 134 valence electrons. The molecule has 0 saturated heterocycles. The van der Waals surface area contributed by atoms with Crippen molar-refractivity contribution in [2.24, 2.45) is 0 Å². The number of nitrogens with one attached hydrogen (secondary N) is 1. The minimum atomic E-state index is -0.0162. The molecule has 0 bridgehead atoms. The van der Waals surface area contributed by atoms with Gasteiger partial charge in [-0.1, -0.05) is 36.8 Å². The Bertz CT molecular complexity index is 883. The smallest absolute Gasteiger partial charge is 0.336 e. The summed E-state index contributed by atoms with van der Waals surface area (Å²) in [6.45, 7) is 6.27. The van der Waals surface area contributed by atoms with Gasteiger partial charge in [0.25, 0.3) is 0 Å². The summed E-state index contributed by atoms with van der Waals surface area (Å²) in [6.07, 6.45) is 0.445. The minimum Gasteiger partial charge on any atom is -0.463 e. The number of nitrogens with zero attached hydrogens (tertiary/aromatic N) is 3. The standard InChI is InChI=1S/C20H22N4O2/c1-4-18(25)21-16-10-12-17(13-11-16)24-19(22-20(23-24)26-5-2)15-8-6-14(3)7-9-15/h6-13H,4-5H2,1-3H3,(H,21,25). The van der Waals surface area contributed by atoms with Crippen molar-refractivity contribution in [3.05, 3.63) is 54.1 Å². The second kappa shape index (κ2) is 7.82. The van der Waals surface area contributed by atoms with Gasteiger partial charge in [0.15, 0.2) is 5.82 Å². The van der Waals surface area contributed by atoms with E-state index in [-0.39, 0.29) is 5.91 Å². The van der Waals surface area contributed by atoms with Crippen LogP contribution in [0.25, 0.3) is 17.1 Å². The molecule has 1 amide bonds. The Morgan fingerprint density at radius 1 is 1.08 bits per heavy atom. The maximum Gasteiger partial charge on any atom is 0.336 e. The molecule has 0 radical (unpaired) electrons. The monoisotopic (exact) mass is 350 g/mol. The normalized spacial score (nSPS) is 10.6. The Morgan fingerprint density at radius 2 is 1.77 bits per heavy atom. The van der Waals surface area contributed by atoms with Gasteiger partial charge >= 0.3 is 6.01 Å². The van der Waals surface area contributed by atoms with Crippen LogP contribution in [-0.2, 0) is 4.79 Å². The first-order valence-electron chi connectivity index (χ1n) is 8.68. The molecule has 0 unspecified atom stereocenters. The lowest BCUT2D eigenvalue weighted by molar-refractivity contribution is -0.115. The van der Waals surface area contributed by atoms with Crippen LogP contribution in [0, 0.1) is 6.92 Å². The fourth-order valence-electron chi connectivity index (χ4n) is 2.49. The number of carbonyl (C=O) groups excluding carboxylic acids is 1. The van der Waals surface area contributed by atoms with E-state index in [1.165, 1.54) is 5.56 Å². The SMILES string of the molecule is CCOc1nc(-c2ccc(C)cc2)n(-c2ccc(NC(=O)CC)cc2)n1. The fraction of sp³-hybridized carbons (Fsp3) is 0.250. The summed E-state index contributed by atoms with van der Waals surface area (Å²) in [7, 11) is 0. The molecule has 6 heteroatoms. The van der Waals surface area contributed by atoms with Gasteiger partial charge in [-0.2, -0.15) is 4.98 Å². The van der Waals surface area contributed by atoms with Crippen LogP contribution in [0.3, 0.4) is 0 Å². The van der Waals surface area contributed by atoms with Gasteiger partial charge in [-0.15, -0.1) is 5.10 Å². The van der Waals surface area contributed by atoms with Crippen molar-refractivity contribution in [3.63, 3.8) is 0 Å². The Hall–Kier alpha value is -3.15. The van der Waals surface area contributed by atoms with Gasteiger partial charge in [0, 0.05) is 17.7 Å². The average Bonchev–Trinajstić information content (AvgIpc) is 3.07. The van der Waals surface area contributed by atoms with Crippen LogP contribution in [0.5, 0.6) is 6.01 Å². The van der Waals surface area contributed by atoms with Crippen molar-refractivity contribution in [3.8, 4) is 23.1 Å². The Balaban J connectivity index is 1.97. The quantitative estimate of drug-likeness (QED) is 0.730. The molecule has 1 heterocycles. The number of ether oxygens (including phenoxy) is 1. The molecule has 6 nitrogen and oxygen atoms in total. The van der Waals surface area contributed by atoms with Gasteiger partial charge < -0.3 is 10.1 Å². The number of benzene rings is 2. The van der Waals surface area contributed by atoms with Crippen LogP contribution in [0.2, 0.25) is 0 Å². The number of hydrogen-bond acceptors (Lipinski definition) is 4. The lowest BCUT2D eigenvalue weighted by atomic mass is 10.1. The van der Waals surface area contributed by atoms with Gasteiger partial charge in [0.2, 0.25) is 5.91 Å². The average molecular weight is 350 g/mol. The lowest BCUT2D eigenvalue weighted by Gasteiger charge is -2.08. The number of hydrogen-bond donors (Lipinski definition) is 1. The number of carbonyl (C=O) groups is 1. The summed E-state index contributed by atoms with van der Waals surface area (Å²) < 4.78 is 7.24. The molecule has 26 heavy (non-hydrogen) atoms. The van der Waals surface area contributed by atoms with Crippen LogP contribution >= 0.6 is 0 Å². The maximum absolute atomic E-state index is 11.5. The third-order valence-corrected chi connectivity index (χ3v) is 3.89. The van der Waals surface area contributed by atoms with E-state index in [4.69, 9.17) is 4.74 Å². The summed E-state index contributed by atoms with van der Waals surface area (Å²) in [5.41, 5.74) is 3.73. The molecule has 3 rings (SSSR count). The highest BCUT2D eigenvalue weighted by Crippen LogP contribution is 2.24. The van der Waals surface area contributed by atoms with Crippen molar-refractivity contribution in [2.75, 3.05) is 11.9 Å². The summed E-state index contributed by atoms with van der Waals surface area (Å²) >= 11 is 0. The van der Waals surface area contributed by atoms with E-state index in [1.807, 2.05) is 69.3 Å². The molecule has 3 aromatic rings. The van der Waals surface area contributed by atoms with Crippen LogP contribution in [0.4, 0.5) is 5.69 Å². The summed E-state index contributed by atoms with van der Waals surface area (Å²) in [5.74, 6) is 0.691. The van der Waals surface area contributed by atoms with Gasteiger partial charge in [0.1, 0.15) is 0 Å². The molecule has 0 fully saturated rings. The highest BCUT2D eigenvalue weighted by atomic mass is 16.5. The molecule has 0 saturated carbocycles. The van der Waals surface area contributed by atoms with Crippen molar-refractivity contribution in [1.82, 2.24) is 14.8 Å². The zero-order valence-electron chi connectivity index (χ0n) is 15.2. The Kier molecular flexibility index (Phi) is 5.31. The van der Waals surface area contributed by atoms with Crippen molar-refractivity contribution < 1.29 is 9.53 Å². The lowest BCUT2D eigenvalue weighted by Crippen LogP contribution is -2.09. The van der Waals surface area contributed by atoms with Gasteiger partial charge in [0.05, 0.1) is 12.3 Å². The summed E-state index contributed by atoms with van der Waals surface area (Å²) in [5, 5.41) is 7.31. The molecule has 1 N–H and O–H groups in total. The Morgan fingerprint density at radius 3 is 2.38 bits per heavy atom. The first-order chi connectivity index (χ1) is 12.6. The molecule has 1 aromatic heterocycles. The van der Waals surface area contributed by atoms with Crippen molar-refractivity contribution in [2.45, 2.75) is 27.2 Å². The Labute approximate surface area is 152 Å². The number of amides is 1. The van der Waals surface area contributed by atoms with Crippen molar-refractivity contribution >= 4 is 11.6 Å². The highest BCUT2D eigenvalue weighted by molar-refractivity contribution is 5.90. The van der Waals surface area contributed by atoms with Crippen LogP contribution < -0.4 is 10.1 Å². The molecule has 0 aliphatic carbocycles. The first kappa shape index (κ1) is 17.7. The van der Waals surface area contributed by atoms with E-state index in [2.05, 4.69) is 15.4 Å². The molecule has 0 atom stereocenters. The molecule has 0 aliphatic heterocycles. The molecule has 0 spiro atoms.